The van der Waals surface area contributed by atoms with Gasteiger partial charge in [0.2, 0.25) is 0 Å². The summed E-state index contributed by atoms with van der Waals surface area (Å²) in [6.45, 7) is 2.55. The van der Waals surface area contributed by atoms with E-state index in [2.05, 4.69) is 5.32 Å². The smallest absolute Gasteiger partial charge is 0.00462 e. The van der Waals surface area contributed by atoms with Crippen LogP contribution >= 0.6 is 0 Å². The molecule has 1 aliphatic carbocycles. The van der Waals surface area contributed by atoms with E-state index in [-0.39, 0.29) is 0 Å². The highest BCUT2D eigenvalue weighted by Crippen LogP contribution is 2.37. The molecule has 1 saturated heterocycles. The highest BCUT2D eigenvalue weighted by molar-refractivity contribution is 4.79. The van der Waals surface area contributed by atoms with Gasteiger partial charge in [0, 0.05) is 0 Å². The van der Waals surface area contributed by atoms with Gasteiger partial charge in [0.1, 0.15) is 0 Å². The molecule has 0 radical (unpaired) electrons. The van der Waals surface area contributed by atoms with E-state index in [0.29, 0.717) is 0 Å². The molecule has 1 unspecified atom stereocenters. The van der Waals surface area contributed by atoms with Crippen LogP contribution in [0.25, 0.3) is 0 Å². The molecule has 1 heteroatoms. The third-order valence-electron chi connectivity index (χ3n) is 3.44. The van der Waals surface area contributed by atoms with E-state index >= 15 is 0 Å². The maximum absolute atomic E-state index is 3.48. The Kier molecular flexibility index (Phi) is 2.47. The summed E-state index contributed by atoms with van der Waals surface area (Å²) in [6, 6.07) is 0. The van der Waals surface area contributed by atoms with Crippen LogP contribution in [0.4, 0.5) is 0 Å². The summed E-state index contributed by atoms with van der Waals surface area (Å²) in [6.07, 6.45) is 8.94. The van der Waals surface area contributed by atoms with Crippen molar-refractivity contribution in [1.29, 1.82) is 0 Å². The molecule has 64 valence electrons. The number of hydrogen-bond acceptors (Lipinski definition) is 1. The molecule has 2 fully saturated rings. The van der Waals surface area contributed by atoms with Crippen molar-refractivity contribution in [3.63, 3.8) is 0 Å². The van der Waals surface area contributed by atoms with E-state index < -0.39 is 0 Å². The van der Waals surface area contributed by atoms with E-state index in [1.165, 1.54) is 51.6 Å². The third-order valence-corrected chi connectivity index (χ3v) is 3.44. The molecule has 2 aliphatic rings. The minimum absolute atomic E-state index is 1.08. The summed E-state index contributed by atoms with van der Waals surface area (Å²) in [5.74, 6) is 2.20. The Hall–Kier alpha value is -0.0400. The van der Waals surface area contributed by atoms with E-state index in [9.17, 15) is 0 Å². The van der Waals surface area contributed by atoms with Crippen molar-refractivity contribution in [3.05, 3.63) is 0 Å². The van der Waals surface area contributed by atoms with Gasteiger partial charge in [0.05, 0.1) is 0 Å². The van der Waals surface area contributed by atoms with Crippen LogP contribution in [-0.4, -0.2) is 13.1 Å². The average molecular weight is 153 g/mol. The van der Waals surface area contributed by atoms with E-state index in [1.807, 2.05) is 0 Å². The molecule has 0 aromatic carbocycles. The molecule has 0 bridgehead atoms. The highest BCUT2D eigenvalue weighted by atomic mass is 14.8. The SMILES string of the molecule is C1CC(C2CCCNCC2)C1. The van der Waals surface area contributed by atoms with Crippen molar-refractivity contribution in [2.24, 2.45) is 11.8 Å². The molecule has 0 amide bonds. The molecule has 2 rings (SSSR count). The monoisotopic (exact) mass is 153 g/mol. The first-order valence-corrected chi connectivity index (χ1v) is 5.17. The summed E-state index contributed by atoms with van der Waals surface area (Å²) < 4.78 is 0. The molecule has 0 spiro atoms. The molecule has 11 heavy (non-hydrogen) atoms. The normalized spacial score (nSPS) is 34.4. The molecular formula is C10H19N. The second-order valence-electron chi connectivity index (χ2n) is 4.13. The second-order valence-corrected chi connectivity index (χ2v) is 4.13. The van der Waals surface area contributed by atoms with Gasteiger partial charge >= 0.3 is 0 Å². The molecule has 0 aromatic heterocycles. The largest absolute Gasteiger partial charge is 0.317 e. The maximum Gasteiger partial charge on any atom is -0.00462 e. The van der Waals surface area contributed by atoms with Crippen molar-refractivity contribution in [2.75, 3.05) is 13.1 Å². The lowest BCUT2D eigenvalue weighted by Crippen LogP contribution is -2.23. The molecule has 1 N–H and O–H groups in total. The van der Waals surface area contributed by atoms with Crippen LogP contribution < -0.4 is 5.32 Å². The fourth-order valence-electron chi connectivity index (χ4n) is 2.43. The predicted molar refractivity (Wildman–Crippen MR) is 47.6 cm³/mol. The van der Waals surface area contributed by atoms with Crippen molar-refractivity contribution in [1.82, 2.24) is 5.32 Å². The highest BCUT2D eigenvalue weighted by Gasteiger charge is 2.26. The van der Waals surface area contributed by atoms with Gasteiger partial charge in [0.15, 0.2) is 0 Å². The van der Waals surface area contributed by atoms with Crippen LogP contribution in [0.2, 0.25) is 0 Å². The first-order chi connectivity index (χ1) is 5.47. The Bertz CT molecular complexity index is 110. The van der Waals surface area contributed by atoms with Gasteiger partial charge in [-0.15, -0.1) is 0 Å². The quantitative estimate of drug-likeness (QED) is 0.609. The molecule has 0 aromatic rings. The van der Waals surface area contributed by atoms with Gasteiger partial charge < -0.3 is 5.32 Å². The van der Waals surface area contributed by atoms with Gasteiger partial charge in [-0.2, -0.15) is 0 Å². The maximum atomic E-state index is 3.48. The molecule has 1 heterocycles. The van der Waals surface area contributed by atoms with Crippen molar-refractivity contribution in [2.45, 2.75) is 38.5 Å². The average Bonchev–Trinajstić information content (AvgIpc) is 2.12. The Labute approximate surface area is 69.6 Å². The molecule has 1 nitrogen and oxygen atoms in total. The Morgan fingerprint density at radius 2 is 1.45 bits per heavy atom. The van der Waals surface area contributed by atoms with E-state index in [4.69, 9.17) is 0 Å². The van der Waals surface area contributed by atoms with E-state index in [1.54, 1.807) is 0 Å². The predicted octanol–water partition coefficient (Wildman–Crippen LogP) is 2.18. The summed E-state index contributed by atoms with van der Waals surface area (Å²) in [5.41, 5.74) is 0. The van der Waals surface area contributed by atoms with Crippen LogP contribution in [-0.2, 0) is 0 Å². The number of nitrogens with one attached hydrogen (secondary N) is 1. The van der Waals surface area contributed by atoms with Crippen molar-refractivity contribution in [3.8, 4) is 0 Å². The first-order valence-electron chi connectivity index (χ1n) is 5.17. The van der Waals surface area contributed by atoms with Gasteiger partial charge in [-0.05, 0) is 44.2 Å². The zero-order valence-corrected chi connectivity index (χ0v) is 7.31. The number of hydrogen-bond donors (Lipinski definition) is 1. The minimum Gasteiger partial charge on any atom is -0.317 e. The molecular weight excluding hydrogens is 134 g/mol. The van der Waals surface area contributed by atoms with Crippen LogP contribution in [0.5, 0.6) is 0 Å². The lowest BCUT2D eigenvalue weighted by Gasteiger charge is -2.33. The standard InChI is InChI=1S/C10H19N/c1-3-9(4-1)10-5-2-7-11-8-6-10/h9-11H,1-8H2. The Morgan fingerprint density at radius 3 is 2.18 bits per heavy atom. The summed E-state index contributed by atoms with van der Waals surface area (Å²) in [4.78, 5) is 0. The van der Waals surface area contributed by atoms with Crippen LogP contribution in [0, 0.1) is 11.8 Å². The summed E-state index contributed by atoms with van der Waals surface area (Å²) in [5, 5.41) is 3.48. The molecule has 1 saturated carbocycles. The first kappa shape index (κ1) is 7.60. The summed E-state index contributed by atoms with van der Waals surface area (Å²) in [7, 11) is 0. The fourth-order valence-corrected chi connectivity index (χ4v) is 2.43. The topological polar surface area (TPSA) is 12.0 Å². The third kappa shape index (κ3) is 1.76. The minimum atomic E-state index is 1.08. The fraction of sp³-hybridized carbons (Fsp3) is 1.00. The molecule has 1 atom stereocenters. The van der Waals surface area contributed by atoms with Gasteiger partial charge in [0.25, 0.3) is 0 Å². The Balaban J connectivity index is 1.80. The zero-order valence-electron chi connectivity index (χ0n) is 7.31. The van der Waals surface area contributed by atoms with Gasteiger partial charge in [-0.25, -0.2) is 0 Å². The van der Waals surface area contributed by atoms with E-state index in [0.717, 1.165) is 11.8 Å². The zero-order chi connectivity index (χ0) is 7.52. The Morgan fingerprint density at radius 1 is 0.727 bits per heavy atom. The van der Waals surface area contributed by atoms with Gasteiger partial charge in [-0.3, -0.25) is 0 Å². The van der Waals surface area contributed by atoms with Crippen molar-refractivity contribution < 1.29 is 0 Å². The second kappa shape index (κ2) is 3.57. The van der Waals surface area contributed by atoms with Gasteiger partial charge in [-0.1, -0.05) is 19.3 Å². The lowest BCUT2D eigenvalue weighted by molar-refractivity contribution is 0.191. The van der Waals surface area contributed by atoms with Crippen LogP contribution in [0.15, 0.2) is 0 Å². The van der Waals surface area contributed by atoms with Crippen LogP contribution in [0.1, 0.15) is 38.5 Å². The van der Waals surface area contributed by atoms with Crippen LogP contribution in [0.3, 0.4) is 0 Å². The molecule has 1 aliphatic heterocycles. The lowest BCUT2D eigenvalue weighted by atomic mass is 9.73. The van der Waals surface area contributed by atoms with Crippen molar-refractivity contribution >= 4 is 0 Å². The number of rotatable bonds is 1. The summed E-state index contributed by atoms with van der Waals surface area (Å²) >= 11 is 0.